The highest BCUT2D eigenvalue weighted by atomic mass is 35.5. The molecule has 2 heterocycles. The first-order valence-electron chi connectivity index (χ1n) is 5.61. The van der Waals surface area contributed by atoms with Crippen LogP contribution in [-0.4, -0.2) is 30.2 Å². The number of nitrogens with one attached hydrogen (secondary N) is 2. The lowest BCUT2D eigenvalue weighted by Crippen LogP contribution is -2.48. The van der Waals surface area contributed by atoms with E-state index in [1.54, 1.807) is 13.0 Å². The molecule has 96 valence electrons. The second kappa shape index (κ2) is 6.02. The Kier molecular flexibility index (Phi) is 4.96. The van der Waals surface area contributed by atoms with E-state index in [1.807, 2.05) is 0 Å². The van der Waals surface area contributed by atoms with Crippen LogP contribution in [0.15, 0.2) is 10.6 Å². The summed E-state index contributed by atoms with van der Waals surface area (Å²) in [5.41, 5.74) is 0.725. The molecule has 2 unspecified atom stereocenters. The number of rotatable bonds is 2. The van der Waals surface area contributed by atoms with Crippen LogP contribution in [0.3, 0.4) is 0 Å². The molecule has 1 saturated heterocycles. The minimum Gasteiger partial charge on any atom is -0.351 e. The van der Waals surface area contributed by atoms with Gasteiger partial charge in [0.2, 0.25) is 5.76 Å². The average Bonchev–Trinajstić information content (AvgIpc) is 2.68. The van der Waals surface area contributed by atoms with Gasteiger partial charge >= 0.3 is 0 Å². The van der Waals surface area contributed by atoms with E-state index < -0.39 is 0 Å². The van der Waals surface area contributed by atoms with Crippen LogP contribution in [0.2, 0.25) is 0 Å². The van der Waals surface area contributed by atoms with Crippen LogP contribution in [0, 0.1) is 12.8 Å². The van der Waals surface area contributed by atoms with Crippen molar-refractivity contribution in [3.63, 3.8) is 0 Å². The van der Waals surface area contributed by atoms with Crippen molar-refractivity contribution < 1.29 is 9.32 Å². The van der Waals surface area contributed by atoms with Crippen molar-refractivity contribution in [2.75, 3.05) is 13.1 Å². The van der Waals surface area contributed by atoms with Gasteiger partial charge in [0.05, 0.1) is 5.69 Å². The largest absolute Gasteiger partial charge is 0.351 e. The van der Waals surface area contributed by atoms with Crippen molar-refractivity contribution in [3.05, 3.63) is 17.5 Å². The molecule has 1 aromatic rings. The maximum Gasteiger partial charge on any atom is 0.290 e. The lowest BCUT2D eigenvalue weighted by atomic mass is 9.95. The predicted octanol–water partition coefficient (Wildman–Crippen LogP) is 1.13. The van der Waals surface area contributed by atoms with Gasteiger partial charge in [0.1, 0.15) is 0 Å². The number of halogens is 1. The molecule has 1 aromatic heterocycles. The molecule has 5 nitrogen and oxygen atoms in total. The highest BCUT2D eigenvalue weighted by molar-refractivity contribution is 5.91. The Morgan fingerprint density at radius 2 is 2.41 bits per heavy atom. The molecule has 2 atom stereocenters. The molecule has 6 heteroatoms. The van der Waals surface area contributed by atoms with Gasteiger partial charge in [-0.25, -0.2) is 0 Å². The summed E-state index contributed by atoms with van der Waals surface area (Å²) in [6.45, 7) is 5.82. The number of hydrogen-bond acceptors (Lipinski definition) is 4. The zero-order valence-corrected chi connectivity index (χ0v) is 10.8. The van der Waals surface area contributed by atoms with E-state index in [0.29, 0.717) is 11.7 Å². The molecule has 17 heavy (non-hydrogen) atoms. The van der Waals surface area contributed by atoms with Crippen molar-refractivity contribution in [1.29, 1.82) is 0 Å². The van der Waals surface area contributed by atoms with Gasteiger partial charge in [-0.3, -0.25) is 4.79 Å². The summed E-state index contributed by atoms with van der Waals surface area (Å²) in [5.74, 6) is 0.573. The van der Waals surface area contributed by atoms with Crippen LogP contribution in [0.25, 0.3) is 0 Å². The Morgan fingerprint density at radius 3 is 3.00 bits per heavy atom. The van der Waals surface area contributed by atoms with Gasteiger partial charge in [-0.15, -0.1) is 12.4 Å². The van der Waals surface area contributed by atoms with Crippen LogP contribution in [-0.2, 0) is 0 Å². The van der Waals surface area contributed by atoms with Crippen molar-refractivity contribution >= 4 is 18.3 Å². The molecule has 0 spiro atoms. The summed E-state index contributed by atoms with van der Waals surface area (Å²) in [7, 11) is 0. The summed E-state index contributed by atoms with van der Waals surface area (Å²) in [6.07, 6.45) is 0.958. The van der Waals surface area contributed by atoms with E-state index in [2.05, 4.69) is 22.7 Å². The molecule has 1 fully saturated rings. The fourth-order valence-electron chi connectivity index (χ4n) is 1.94. The Balaban J connectivity index is 0.00000144. The quantitative estimate of drug-likeness (QED) is 0.836. The number of carbonyl (C=O) groups excluding carboxylic acids is 1. The van der Waals surface area contributed by atoms with Crippen LogP contribution in [0.5, 0.6) is 0 Å². The number of hydrogen-bond donors (Lipinski definition) is 2. The summed E-state index contributed by atoms with van der Waals surface area (Å²) in [4.78, 5) is 11.8. The highest BCUT2D eigenvalue weighted by Crippen LogP contribution is 2.11. The minimum atomic E-state index is -0.167. The molecular weight excluding hydrogens is 242 g/mol. The van der Waals surface area contributed by atoms with E-state index in [0.717, 1.165) is 25.2 Å². The highest BCUT2D eigenvalue weighted by Gasteiger charge is 2.24. The van der Waals surface area contributed by atoms with Gasteiger partial charge < -0.3 is 15.2 Å². The first-order valence-corrected chi connectivity index (χ1v) is 5.61. The average molecular weight is 260 g/mol. The Morgan fingerprint density at radius 1 is 1.65 bits per heavy atom. The molecule has 2 N–H and O–H groups in total. The van der Waals surface area contributed by atoms with E-state index in [1.165, 1.54) is 0 Å². The molecular formula is C11H18ClN3O2. The molecule has 2 rings (SSSR count). The summed E-state index contributed by atoms with van der Waals surface area (Å²) in [5, 5.41) is 9.98. The molecule has 0 aromatic carbocycles. The molecule has 1 amide bonds. The zero-order chi connectivity index (χ0) is 11.5. The fraction of sp³-hybridized carbons (Fsp3) is 0.636. The lowest BCUT2D eigenvalue weighted by molar-refractivity contribution is 0.0876. The van der Waals surface area contributed by atoms with Crippen molar-refractivity contribution in [2.45, 2.75) is 26.3 Å². The number of aromatic nitrogens is 1. The molecule has 0 aliphatic carbocycles. The Labute approximate surface area is 107 Å². The third kappa shape index (κ3) is 3.44. The van der Waals surface area contributed by atoms with Gasteiger partial charge in [-0.1, -0.05) is 12.1 Å². The molecule has 0 bridgehead atoms. The zero-order valence-electron chi connectivity index (χ0n) is 10.0. The molecule has 0 saturated carbocycles. The normalized spacial score (nSPS) is 23.9. The second-order valence-corrected chi connectivity index (χ2v) is 4.38. The molecule has 0 radical (unpaired) electrons. The summed E-state index contributed by atoms with van der Waals surface area (Å²) < 4.78 is 4.93. The van der Waals surface area contributed by atoms with E-state index in [-0.39, 0.29) is 24.4 Å². The van der Waals surface area contributed by atoms with E-state index in [9.17, 15) is 4.79 Å². The van der Waals surface area contributed by atoms with Crippen LogP contribution >= 0.6 is 12.4 Å². The van der Waals surface area contributed by atoms with Crippen molar-refractivity contribution in [2.24, 2.45) is 5.92 Å². The van der Waals surface area contributed by atoms with Gasteiger partial charge in [0.25, 0.3) is 5.91 Å². The van der Waals surface area contributed by atoms with Crippen molar-refractivity contribution in [1.82, 2.24) is 15.8 Å². The third-order valence-electron chi connectivity index (χ3n) is 2.95. The number of nitrogens with zero attached hydrogens (tertiary/aromatic N) is 1. The van der Waals surface area contributed by atoms with Gasteiger partial charge in [-0.05, 0) is 32.4 Å². The van der Waals surface area contributed by atoms with Gasteiger partial charge in [0, 0.05) is 12.1 Å². The summed E-state index contributed by atoms with van der Waals surface area (Å²) >= 11 is 0. The van der Waals surface area contributed by atoms with E-state index in [4.69, 9.17) is 4.52 Å². The maximum atomic E-state index is 11.8. The van der Waals surface area contributed by atoms with Crippen LogP contribution in [0.4, 0.5) is 0 Å². The Hall–Kier alpha value is -1.07. The van der Waals surface area contributed by atoms with Crippen LogP contribution in [0.1, 0.15) is 29.6 Å². The monoisotopic (exact) mass is 259 g/mol. The SMILES string of the molecule is Cc1cc(C(=O)NC2CCNCC2C)on1.Cl. The predicted molar refractivity (Wildman–Crippen MR) is 66.4 cm³/mol. The number of aryl methyl sites for hydroxylation is 1. The summed E-state index contributed by atoms with van der Waals surface area (Å²) in [6, 6.07) is 1.88. The number of amides is 1. The number of carbonyl (C=O) groups is 1. The topological polar surface area (TPSA) is 67.2 Å². The van der Waals surface area contributed by atoms with Crippen LogP contribution < -0.4 is 10.6 Å². The van der Waals surface area contributed by atoms with Gasteiger partial charge in [-0.2, -0.15) is 0 Å². The fourth-order valence-corrected chi connectivity index (χ4v) is 1.94. The van der Waals surface area contributed by atoms with Crippen molar-refractivity contribution in [3.8, 4) is 0 Å². The van der Waals surface area contributed by atoms with Gasteiger partial charge in [0.15, 0.2) is 0 Å². The second-order valence-electron chi connectivity index (χ2n) is 4.38. The smallest absolute Gasteiger partial charge is 0.290 e. The first-order chi connectivity index (χ1) is 7.66. The third-order valence-corrected chi connectivity index (χ3v) is 2.95. The number of piperidine rings is 1. The minimum absolute atomic E-state index is 0. The first kappa shape index (κ1) is 14.0. The standard InChI is InChI=1S/C11H17N3O2.ClH/c1-7-6-12-4-3-9(7)13-11(15)10-5-8(2)14-16-10;/h5,7,9,12H,3-4,6H2,1-2H3,(H,13,15);1H. The molecule has 1 aliphatic rings. The molecule has 1 aliphatic heterocycles. The Bertz CT molecular complexity index is 381. The van der Waals surface area contributed by atoms with E-state index >= 15 is 0 Å². The lowest BCUT2D eigenvalue weighted by Gasteiger charge is -2.29. The maximum absolute atomic E-state index is 11.8.